The lowest BCUT2D eigenvalue weighted by molar-refractivity contribution is 0.0738. The Kier molecular flexibility index (Phi) is 4.61. The fraction of sp³-hybridized carbons (Fsp3) is 0.588. The molecule has 3 rings (SSSR count). The summed E-state index contributed by atoms with van der Waals surface area (Å²) in [5.74, 6) is 0.104. The van der Waals surface area contributed by atoms with Gasteiger partial charge >= 0.3 is 0 Å². The average Bonchev–Trinajstić information content (AvgIpc) is 2.91. The van der Waals surface area contributed by atoms with E-state index < -0.39 is 0 Å². The van der Waals surface area contributed by atoms with Crippen molar-refractivity contribution in [2.45, 2.75) is 52.1 Å². The van der Waals surface area contributed by atoms with Crippen molar-refractivity contribution in [2.24, 2.45) is 5.73 Å². The van der Waals surface area contributed by atoms with Crippen LogP contribution >= 0.6 is 0 Å². The molecule has 6 nitrogen and oxygen atoms in total. The summed E-state index contributed by atoms with van der Waals surface area (Å²) in [5.41, 5.74) is 8.33. The molecule has 0 aliphatic carbocycles. The molecule has 1 aliphatic rings. The van der Waals surface area contributed by atoms with Crippen LogP contribution in [0.5, 0.6) is 0 Å². The number of hydrogen-bond acceptors (Lipinski definition) is 4. The molecule has 1 atom stereocenters. The highest BCUT2D eigenvalue weighted by Crippen LogP contribution is 2.23. The van der Waals surface area contributed by atoms with E-state index in [0.717, 1.165) is 67.6 Å². The van der Waals surface area contributed by atoms with E-state index in [0.29, 0.717) is 0 Å². The van der Waals surface area contributed by atoms with Gasteiger partial charge in [0.2, 0.25) is 0 Å². The predicted molar refractivity (Wildman–Crippen MR) is 90.3 cm³/mol. The van der Waals surface area contributed by atoms with Crippen LogP contribution in [0, 0.1) is 0 Å². The van der Waals surface area contributed by atoms with Gasteiger partial charge in [0.25, 0.3) is 5.91 Å². The molecule has 0 radical (unpaired) electrons. The summed E-state index contributed by atoms with van der Waals surface area (Å²) in [6, 6.07) is 2.16. The second-order valence-electron chi connectivity index (χ2n) is 6.42. The minimum absolute atomic E-state index is 0.104. The molecule has 0 saturated heterocycles. The van der Waals surface area contributed by atoms with Crippen LogP contribution in [0.1, 0.15) is 49.2 Å². The lowest BCUT2D eigenvalue weighted by Crippen LogP contribution is -2.38. The van der Waals surface area contributed by atoms with Gasteiger partial charge in [0.15, 0.2) is 5.65 Å². The fourth-order valence-corrected chi connectivity index (χ4v) is 3.14. The molecule has 2 aromatic rings. The number of carbonyl (C=O) groups excluding carboxylic acids is 1. The highest BCUT2D eigenvalue weighted by atomic mass is 16.2. The SMILES string of the molecule is CCCN1CCc2nc3c(cnn3CCCC(C)N)cc2C1=O. The Hall–Kier alpha value is -1.95. The third-order valence-corrected chi connectivity index (χ3v) is 4.35. The first-order valence-electron chi connectivity index (χ1n) is 8.50. The van der Waals surface area contributed by atoms with Crippen molar-refractivity contribution < 1.29 is 4.79 Å². The molecule has 23 heavy (non-hydrogen) atoms. The van der Waals surface area contributed by atoms with E-state index in [1.807, 2.05) is 22.6 Å². The topological polar surface area (TPSA) is 77.0 Å². The van der Waals surface area contributed by atoms with Crippen LogP contribution in [-0.4, -0.2) is 44.7 Å². The number of nitrogens with two attached hydrogens (primary N) is 1. The van der Waals surface area contributed by atoms with Gasteiger partial charge in [0, 0.05) is 37.5 Å². The summed E-state index contributed by atoms with van der Waals surface area (Å²) >= 11 is 0. The Balaban J connectivity index is 1.86. The molecule has 2 N–H and O–H groups in total. The third kappa shape index (κ3) is 3.22. The van der Waals surface area contributed by atoms with Crippen molar-refractivity contribution in [3.63, 3.8) is 0 Å². The number of aryl methyl sites for hydroxylation is 1. The van der Waals surface area contributed by atoms with E-state index in [2.05, 4.69) is 12.0 Å². The zero-order valence-electron chi connectivity index (χ0n) is 14.0. The van der Waals surface area contributed by atoms with Crippen LogP contribution in [-0.2, 0) is 13.0 Å². The zero-order valence-corrected chi connectivity index (χ0v) is 14.0. The summed E-state index contributed by atoms with van der Waals surface area (Å²) in [7, 11) is 0. The van der Waals surface area contributed by atoms with Crippen molar-refractivity contribution >= 4 is 16.9 Å². The maximum atomic E-state index is 12.5. The van der Waals surface area contributed by atoms with Gasteiger partial charge in [0.05, 0.1) is 17.5 Å². The van der Waals surface area contributed by atoms with Crippen LogP contribution in [0.25, 0.3) is 11.0 Å². The molecule has 124 valence electrons. The summed E-state index contributed by atoms with van der Waals surface area (Å²) in [6.07, 6.45) is 5.56. The van der Waals surface area contributed by atoms with Gasteiger partial charge in [-0.3, -0.25) is 4.79 Å². The molecule has 2 aromatic heterocycles. The van der Waals surface area contributed by atoms with Gasteiger partial charge in [0.1, 0.15) is 0 Å². The largest absolute Gasteiger partial charge is 0.338 e. The molecule has 1 amide bonds. The van der Waals surface area contributed by atoms with Crippen molar-refractivity contribution in [1.29, 1.82) is 0 Å². The van der Waals surface area contributed by atoms with Crippen LogP contribution in [0.4, 0.5) is 0 Å². The van der Waals surface area contributed by atoms with E-state index in [1.54, 1.807) is 6.20 Å². The first kappa shape index (κ1) is 15.9. The Labute approximate surface area is 136 Å². The second kappa shape index (κ2) is 6.66. The number of aromatic nitrogens is 3. The molecule has 0 saturated carbocycles. The molecular weight excluding hydrogens is 290 g/mol. The van der Waals surface area contributed by atoms with Gasteiger partial charge < -0.3 is 10.6 Å². The standard InChI is InChI=1S/C17H25N5O/c1-3-7-21-9-6-15-14(17(21)23)10-13-11-19-22(16(13)20-15)8-4-5-12(2)18/h10-12H,3-9,18H2,1-2H3. The number of pyridine rings is 1. The number of rotatable bonds is 6. The molecule has 0 bridgehead atoms. The highest BCUT2D eigenvalue weighted by molar-refractivity contribution is 5.99. The number of carbonyl (C=O) groups is 1. The van der Waals surface area contributed by atoms with E-state index in [-0.39, 0.29) is 11.9 Å². The monoisotopic (exact) mass is 315 g/mol. The Morgan fingerprint density at radius 3 is 2.96 bits per heavy atom. The molecular formula is C17H25N5O. The summed E-state index contributed by atoms with van der Waals surface area (Å²) in [5, 5.41) is 5.37. The summed E-state index contributed by atoms with van der Waals surface area (Å²) in [6.45, 7) is 6.50. The zero-order chi connectivity index (χ0) is 16.4. The average molecular weight is 315 g/mol. The van der Waals surface area contributed by atoms with Gasteiger partial charge in [-0.15, -0.1) is 0 Å². The van der Waals surface area contributed by atoms with Crippen molar-refractivity contribution in [3.05, 3.63) is 23.5 Å². The Bertz CT molecular complexity index is 706. The molecule has 0 aromatic carbocycles. The van der Waals surface area contributed by atoms with Gasteiger partial charge in [-0.25, -0.2) is 9.67 Å². The van der Waals surface area contributed by atoms with Crippen LogP contribution in [0.2, 0.25) is 0 Å². The Morgan fingerprint density at radius 1 is 1.39 bits per heavy atom. The van der Waals surface area contributed by atoms with E-state index in [9.17, 15) is 4.79 Å². The quantitative estimate of drug-likeness (QED) is 0.884. The molecule has 1 unspecified atom stereocenters. The lowest BCUT2D eigenvalue weighted by atomic mass is 10.0. The first-order chi connectivity index (χ1) is 11.1. The van der Waals surface area contributed by atoms with Crippen molar-refractivity contribution in [1.82, 2.24) is 19.7 Å². The number of hydrogen-bond donors (Lipinski definition) is 1. The third-order valence-electron chi connectivity index (χ3n) is 4.35. The summed E-state index contributed by atoms with van der Waals surface area (Å²) < 4.78 is 1.93. The molecule has 0 spiro atoms. The summed E-state index contributed by atoms with van der Waals surface area (Å²) in [4.78, 5) is 19.2. The molecule has 3 heterocycles. The van der Waals surface area contributed by atoms with E-state index >= 15 is 0 Å². The normalized spacial score (nSPS) is 16.0. The fourth-order valence-electron chi connectivity index (χ4n) is 3.14. The van der Waals surface area contributed by atoms with E-state index in [1.165, 1.54) is 0 Å². The first-order valence-corrected chi connectivity index (χ1v) is 8.50. The lowest BCUT2D eigenvalue weighted by Gasteiger charge is -2.27. The smallest absolute Gasteiger partial charge is 0.255 e. The van der Waals surface area contributed by atoms with Crippen LogP contribution < -0.4 is 5.73 Å². The van der Waals surface area contributed by atoms with Crippen molar-refractivity contribution in [2.75, 3.05) is 13.1 Å². The molecule has 6 heteroatoms. The number of amides is 1. The molecule has 0 fully saturated rings. The number of fused-ring (bicyclic) bond motifs is 2. The van der Waals surface area contributed by atoms with Crippen LogP contribution in [0.3, 0.4) is 0 Å². The second-order valence-corrected chi connectivity index (χ2v) is 6.42. The van der Waals surface area contributed by atoms with Gasteiger partial charge in [-0.05, 0) is 32.3 Å². The molecule has 1 aliphatic heterocycles. The predicted octanol–water partition coefficient (Wildman–Crippen LogP) is 1.97. The highest BCUT2D eigenvalue weighted by Gasteiger charge is 2.25. The maximum Gasteiger partial charge on any atom is 0.255 e. The van der Waals surface area contributed by atoms with E-state index in [4.69, 9.17) is 10.7 Å². The van der Waals surface area contributed by atoms with Gasteiger partial charge in [-0.2, -0.15) is 5.10 Å². The van der Waals surface area contributed by atoms with Crippen LogP contribution in [0.15, 0.2) is 12.3 Å². The van der Waals surface area contributed by atoms with Crippen molar-refractivity contribution in [3.8, 4) is 0 Å². The maximum absolute atomic E-state index is 12.5. The number of nitrogens with zero attached hydrogens (tertiary/aromatic N) is 4. The Morgan fingerprint density at radius 2 is 2.22 bits per heavy atom. The minimum atomic E-state index is 0.104. The minimum Gasteiger partial charge on any atom is -0.338 e. The van der Waals surface area contributed by atoms with Gasteiger partial charge in [-0.1, -0.05) is 6.92 Å².